The lowest BCUT2D eigenvalue weighted by molar-refractivity contribution is 0.0322. The van der Waals surface area contributed by atoms with Crippen LogP contribution in [0.1, 0.15) is 27.2 Å². The van der Waals surface area contributed by atoms with Crippen LogP contribution in [0.5, 0.6) is 0 Å². The number of ether oxygens (including phenoxy) is 2. The van der Waals surface area contributed by atoms with Gasteiger partial charge in [0.1, 0.15) is 11.4 Å². The van der Waals surface area contributed by atoms with Crippen LogP contribution >= 0.6 is 0 Å². The molecule has 5 nitrogen and oxygen atoms in total. The fourth-order valence-electron chi connectivity index (χ4n) is 2.39. The van der Waals surface area contributed by atoms with E-state index in [-0.39, 0.29) is 6.09 Å². The van der Waals surface area contributed by atoms with Crippen molar-refractivity contribution in [1.82, 2.24) is 10.2 Å². The molecule has 0 radical (unpaired) electrons. The third-order valence-electron chi connectivity index (χ3n) is 3.26. The van der Waals surface area contributed by atoms with E-state index in [2.05, 4.69) is 11.4 Å². The van der Waals surface area contributed by atoms with Crippen LogP contribution in [0.25, 0.3) is 0 Å². The minimum absolute atomic E-state index is 0.337. The molecule has 0 saturated heterocycles. The van der Waals surface area contributed by atoms with Gasteiger partial charge in [-0.2, -0.15) is 0 Å². The van der Waals surface area contributed by atoms with Crippen LogP contribution in [0.4, 0.5) is 4.79 Å². The van der Waals surface area contributed by atoms with Crippen LogP contribution in [0, 0.1) is 0 Å². The van der Waals surface area contributed by atoms with Crippen molar-refractivity contribution in [3.63, 3.8) is 0 Å². The monoisotopic (exact) mass is 292 g/mol. The predicted molar refractivity (Wildman–Crippen MR) is 81.7 cm³/mol. The number of allylic oxidation sites excluding steroid dienone is 2. The van der Waals surface area contributed by atoms with Crippen molar-refractivity contribution in [2.75, 3.05) is 26.7 Å². The van der Waals surface area contributed by atoms with Crippen molar-refractivity contribution in [3.8, 4) is 0 Å². The molecule has 0 aromatic heterocycles. The molecule has 21 heavy (non-hydrogen) atoms. The molecule has 0 aliphatic carbocycles. The molecule has 0 atom stereocenters. The summed E-state index contributed by atoms with van der Waals surface area (Å²) < 4.78 is 11.0. The Labute approximate surface area is 126 Å². The molecule has 0 bridgehead atoms. The SMILES string of the molecule is COC1=C(C2=CCNCC2)N(C(=O)OC(C)(C)C)CC=C1. The van der Waals surface area contributed by atoms with E-state index in [0.717, 1.165) is 30.8 Å². The fourth-order valence-corrected chi connectivity index (χ4v) is 2.39. The Kier molecular flexibility index (Phi) is 4.73. The number of methoxy groups -OCH3 is 1. The largest absolute Gasteiger partial charge is 0.495 e. The van der Waals surface area contributed by atoms with E-state index in [9.17, 15) is 4.79 Å². The number of hydrogen-bond acceptors (Lipinski definition) is 4. The molecule has 5 heteroatoms. The molecule has 2 aliphatic rings. The second-order valence-corrected chi connectivity index (χ2v) is 6.09. The molecule has 0 saturated carbocycles. The highest BCUT2D eigenvalue weighted by molar-refractivity contribution is 5.73. The second-order valence-electron chi connectivity index (χ2n) is 6.09. The minimum Gasteiger partial charge on any atom is -0.495 e. The number of nitrogens with zero attached hydrogens (tertiary/aromatic N) is 1. The number of nitrogens with one attached hydrogen (secondary N) is 1. The topological polar surface area (TPSA) is 50.8 Å². The Hall–Kier alpha value is -1.75. The van der Waals surface area contributed by atoms with Gasteiger partial charge in [0.05, 0.1) is 12.8 Å². The van der Waals surface area contributed by atoms with E-state index >= 15 is 0 Å². The summed E-state index contributed by atoms with van der Waals surface area (Å²) in [7, 11) is 1.62. The number of hydrogen-bond donors (Lipinski definition) is 1. The molecule has 1 N–H and O–H groups in total. The maximum absolute atomic E-state index is 12.5. The molecule has 1 amide bonds. The third-order valence-corrected chi connectivity index (χ3v) is 3.26. The fraction of sp³-hybridized carbons (Fsp3) is 0.562. The molecule has 2 aliphatic heterocycles. The molecule has 0 spiro atoms. The summed E-state index contributed by atoms with van der Waals surface area (Å²) in [4.78, 5) is 14.1. The van der Waals surface area contributed by atoms with E-state index in [1.54, 1.807) is 12.0 Å². The van der Waals surface area contributed by atoms with E-state index in [0.29, 0.717) is 12.3 Å². The van der Waals surface area contributed by atoms with Crippen LogP contribution in [-0.4, -0.2) is 43.3 Å². The minimum atomic E-state index is -0.515. The van der Waals surface area contributed by atoms with Crippen molar-refractivity contribution in [1.29, 1.82) is 0 Å². The summed E-state index contributed by atoms with van der Waals surface area (Å²) in [5, 5.41) is 3.28. The van der Waals surface area contributed by atoms with Crippen LogP contribution in [-0.2, 0) is 9.47 Å². The van der Waals surface area contributed by atoms with Gasteiger partial charge in [-0.15, -0.1) is 0 Å². The van der Waals surface area contributed by atoms with Gasteiger partial charge in [0.25, 0.3) is 0 Å². The number of carbonyl (C=O) groups is 1. The van der Waals surface area contributed by atoms with Crippen molar-refractivity contribution in [2.24, 2.45) is 0 Å². The highest BCUT2D eigenvalue weighted by Gasteiger charge is 2.30. The Morgan fingerprint density at radius 2 is 2.14 bits per heavy atom. The van der Waals surface area contributed by atoms with E-state index in [1.165, 1.54) is 0 Å². The van der Waals surface area contributed by atoms with Gasteiger partial charge in [-0.1, -0.05) is 12.2 Å². The lowest BCUT2D eigenvalue weighted by atomic mass is 10.0. The smallest absolute Gasteiger partial charge is 0.415 e. The quantitative estimate of drug-likeness (QED) is 0.850. The summed E-state index contributed by atoms with van der Waals surface area (Å²) >= 11 is 0. The normalized spacial score (nSPS) is 19.4. The first-order valence-corrected chi connectivity index (χ1v) is 7.28. The third kappa shape index (κ3) is 3.88. The highest BCUT2D eigenvalue weighted by atomic mass is 16.6. The summed E-state index contributed by atoms with van der Waals surface area (Å²) in [6, 6.07) is 0. The summed E-state index contributed by atoms with van der Waals surface area (Å²) in [6.45, 7) is 7.82. The van der Waals surface area contributed by atoms with E-state index < -0.39 is 5.60 Å². The van der Waals surface area contributed by atoms with E-state index in [4.69, 9.17) is 9.47 Å². The summed E-state index contributed by atoms with van der Waals surface area (Å²) in [5.74, 6) is 0.709. The average Bonchev–Trinajstić information content (AvgIpc) is 2.45. The molecule has 0 aromatic rings. The van der Waals surface area contributed by atoms with Gasteiger partial charge in [-0.3, -0.25) is 4.90 Å². The van der Waals surface area contributed by atoms with Crippen LogP contribution < -0.4 is 5.32 Å². The van der Waals surface area contributed by atoms with Crippen molar-refractivity contribution in [2.45, 2.75) is 32.8 Å². The van der Waals surface area contributed by atoms with Gasteiger partial charge in [-0.25, -0.2) is 4.79 Å². The van der Waals surface area contributed by atoms with Crippen LogP contribution in [0.3, 0.4) is 0 Å². The van der Waals surface area contributed by atoms with Crippen molar-refractivity contribution in [3.05, 3.63) is 35.3 Å². The van der Waals surface area contributed by atoms with Crippen molar-refractivity contribution < 1.29 is 14.3 Å². The van der Waals surface area contributed by atoms with E-state index in [1.807, 2.05) is 32.9 Å². The zero-order valence-electron chi connectivity index (χ0n) is 13.2. The first-order valence-electron chi connectivity index (χ1n) is 7.28. The van der Waals surface area contributed by atoms with Crippen LogP contribution in [0.15, 0.2) is 35.3 Å². The summed E-state index contributed by atoms with van der Waals surface area (Å²) in [6.07, 6.45) is 6.47. The second kappa shape index (κ2) is 6.35. The molecular formula is C16H24N2O3. The maximum atomic E-state index is 12.5. The number of carbonyl (C=O) groups excluding carboxylic acids is 1. The van der Waals surface area contributed by atoms with Gasteiger partial charge < -0.3 is 14.8 Å². The van der Waals surface area contributed by atoms with Gasteiger partial charge in [0, 0.05) is 13.1 Å². The first-order chi connectivity index (χ1) is 9.92. The average molecular weight is 292 g/mol. The first kappa shape index (κ1) is 15.6. The molecule has 2 rings (SSSR count). The number of amides is 1. The molecule has 2 heterocycles. The van der Waals surface area contributed by atoms with Gasteiger partial charge in [-0.05, 0) is 45.4 Å². The molecule has 0 unspecified atom stereocenters. The number of rotatable bonds is 2. The summed E-state index contributed by atoms with van der Waals surface area (Å²) in [5.41, 5.74) is 1.44. The standard InChI is InChI=1S/C16H24N2O3/c1-16(2,3)21-15(19)18-11-5-6-13(20-4)14(18)12-7-9-17-10-8-12/h5-7,17H,8-11H2,1-4H3. The zero-order chi connectivity index (χ0) is 15.5. The van der Waals surface area contributed by atoms with Gasteiger partial charge in [0.2, 0.25) is 0 Å². The lowest BCUT2D eigenvalue weighted by Crippen LogP contribution is -2.39. The van der Waals surface area contributed by atoms with Crippen LogP contribution in [0.2, 0.25) is 0 Å². The Morgan fingerprint density at radius 3 is 2.71 bits per heavy atom. The van der Waals surface area contributed by atoms with Gasteiger partial charge in [0.15, 0.2) is 0 Å². The Balaban J connectivity index is 2.31. The van der Waals surface area contributed by atoms with Crippen molar-refractivity contribution >= 4 is 6.09 Å². The lowest BCUT2D eigenvalue weighted by Gasteiger charge is -2.32. The molecular weight excluding hydrogens is 268 g/mol. The highest BCUT2D eigenvalue weighted by Crippen LogP contribution is 2.29. The molecule has 0 aromatic carbocycles. The predicted octanol–water partition coefficient (Wildman–Crippen LogP) is 2.57. The zero-order valence-corrected chi connectivity index (χ0v) is 13.2. The Bertz CT molecular complexity index is 498. The maximum Gasteiger partial charge on any atom is 0.415 e. The molecule has 0 fully saturated rings. The Morgan fingerprint density at radius 1 is 1.38 bits per heavy atom. The van der Waals surface area contributed by atoms with Gasteiger partial charge >= 0.3 is 6.09 Å². The molecule has 116 valence electrons.